The van der Waals surface area contributed by atoms with Crippen LogP contribution in [0.5, 0.6) is 0 Å². The zero-order valence-corrected chi connectivity index (χ0v) is 13.5. The Kier molecular flexibility index (Phi) is 3.69. The highest BCUT2D eigenvalue weighted by molar-refractivity contribution is 5.94. The topological polar surface area (TPSA) is 8.17 Å². The van der Waals surface area contributed by atoms with E-state index in [0.29, 0.717) is 0 Å². The van der Waals surface area contributed by atoms with Gasteiger partial charge in [-0.15, -0.1) is 0 Å². The normalized spacial score (nSPS) is 15.7. The summed E-state index contributed by atoms with van der Waals surface area (Å²) in [5.41, 5.74) is 4.09. The minimum atomic E-state index is -0.264. The van der Waals surface area contributed by atoms with Gasteiger partial charge in [0, 0.05) is 35.9 Å². The molecule has 2 heterocycles. The fourth-order valence-electron chi connectivity index (χ4n) is 3.29. The zero-order valence-electron chi connectivity index (χ0n) is 13.5. The molecule has 1 aliphatic heterocycles. The molecule has 1 aromatic heterocycles. The maximum Gasteiger partial charge on any atom is 0.123 e. The van der Waals surface area contributed by atoms with Crippen molar-refractivity contribution in [1.29, 1.82) is 0 Å². The highest BCUT2D eigenvalue weighted by atomic mass is 19.1. The third-order valence-corrected chi connectivity index (χ3v) is 4.63. The van der Waals surface area contributed by atoms with Crippen molar-refractivity contribution in [3.05, 3.63) is 71.9 Å². The molecule has 0 spiro atoms. The number of hydrogen-bond acceptors (Lipinski definition) is 1. The minimum absolute atomic E-state index is 0.242. The van der Waals surface area contributed by atoms with Gasteiger partial charge in [0.1, 0.15) is 11.6 Å². The SMILES string of the molecule is CN1CC=C(c2cn(-c3ccc(F)cc3)c3ccc(F)cc23)CC1. The molecule has 24 heavy (non-hydrogen) atoms. The van der Waals surface area contributed by atoms with Crippen LogP contribution < -0.4 is 0 Å². The summed E-state index contributed by atoms with van der Waals surface area (Å²) in [5, 5.41) is 0.898. The minimum Gasteiger partial charge on any atom is -0.316 e. The maximum atomic E-state index is 13.8. The molecule has 2 aromatic carbocycles. The van der Waals surface area contributed by atoms with Crippen molar-refractivity contribution in [3.8, 4) is 5.69 Å². The average Bonchev–Trinajstić information content (AvgIpc) is 2.95. The quantitative estimate of drug-likeness (QED) is 0.667. The molecule has 4 heteroatoms. The van der Waals surface area contributed by atoms with Gasteiger partial charge in [-0.3, -0.25) is 0 Å². The van der Waals surface area contributed by atoms with Crippen molar-refractivity contribution in [2.45, 2.75) is 6.42 Å². The first-order valence-electron chi connectivity index (χ1n) is 8.06. The molecule has 0 saturated heterocycles. The predicted octanol–water partition coefficient (Wildman–Crippen LogP) is 4.63. The van der Waals surface area contributed by atoms with E-state index < -0.39 is 0 Å². The molecule has 1 aliphatic rings. The van der Waals surface area contributed by atoms with Gasteiger partial charge in [-0.1, -0.05) is 6.08 Å². The molecule has 122 valence electrons. The molecule has 0 unspecified atom stereocenters. The average molecular weight is 324 g/mol. The molecule has 0 N–H and O–H groups in total. The first kappa shape index (κ1) is 15.1. The van der Waals surface area contributed by atoms with E-state index >= 15 is 0 Å². The summed E-state index contributed by atoms with van der Waals surface area (Å²) < 4.78 is 29.1. The molecule has 3 aromatic rings. The molecule has 0 amide bonds. The Balaban J connectivity index is 1.91. The van der Waals surface area contributed by atoms with Gasteiger partial charge in [0.25, 0.3) is 0 Å². The smallest absolute Gasteiger partial charge is 0.123 e. The Labute approximate surface area is 139 Å². The molecule has 2 nitrogen and oxygen atoms in total. The largest absolute Gasteiger partial charge is 0.316 e. The Morgan fingerprint density at radius 2 is 1.71 bits per heavy atom. The van der Waals surface area contributed by atoms with Gasteiger partial charge in [-0.2, -0.15) is 0 Å². The molecule has 0 fully saturated rings. The van der Waals surface area contributed by atoms with Crippen LogP contribution in [0.15, 0.2) is 54.7 Å². The number of halogens is 2. The third kappa shape index (κ3) is 2.63. The van der Waals surface area contributed by atoms with Crippen molar-refractivity contribution in [3.63, 3.8) is 0 Å². The summed E-state index contributed by atoms with van der Waals surface area (Å²) >= 11 is 0. The number of rotatable bonds is 2. The van der Waals surface area contributed by atoms with Crippen LogP contribution in [0.3, 0.4) is 0 Å². The number of hydrogen-bond donors (Lipinski definition) is 0. The van der Waals surface area contributed by atoms with E-state index in [1.54, 1.807) is 24.3 Å². The molecule has 0 bridgehead atoms. The van der Waals surface area contributed by atoms with Crippen LogP contribution in [0, 0.1) is 11.6 Å². The number of likely N-dealkylation sites (N-methyl/N-ethyl adjacent to an activating group) is 1. The molecular formula is C20H18F2N2. The van der Waals surface area contributed by atoms with Gasteiger partial charge in [-0.25, -0.2) is 8.78 Å². The van der Waals surface area contributed by atoms with E-state index in [1.807, 2.05) is 10.8 Å². The fourth-order valence-corrected chi connectivity index (χ4v) is 3.29. The van der Waals surface area contributed by atoms with E-state index in [-0.39, 0.29) is 11.6 Å². The van der Waals surface area contributed by atoms with Crippen LogP contribution in [-0.4, -0.2) is 29.6 Å². The van der Waals surface area contributed by atoms with E-state index in [4.69, 9.17) is 0 Å². The van der Waals surface area contributed by atoms with Crippen LogP contribution in [0.2, 0.25) is 0 Å². The van der Waals surface area contributed by atoms with Gasteiger partial charge in [0.05, 0.1) is 5.52 Å². The maximum absolute atomic E-state index is 13.8. The summed E-state index contributed by atoms with van der Waals surface area (Å²) in [6.45, 7) is 1.89. The predicted molar refractivity (Wildman–Crippen MR) is 93.3 cm³/mol. The lowest BCUT2D eigenvalue weighted by atomic mass is 9.99. The van der Waals surface area contributed by atoms with Gasteiger partial charge in [-0.05, 0) is 61.5 Å². The third-order valence-electron chi connectivity index (χ3n) is 4.63. The first-order chi connectivity index (χ1) is 11.6. The van der Waals surface area contributed by atoms with Crippen LogP contribution in [0.4, 0.5) is 8.78 Å². The molecule has 4 rings (SSSR count). The number of aromatic nitrogens is 1. The van der Waals surface area contributed by atoms with Gasteiger partial charge in [0.15, 0.2) is 0 Å². The Hall–Kier alpha value is -2.46. The van der Waals surface area contributed by atoms with E-state index in [1.165, 1.54) is 23.8 Å². The van der Waals surface area contributed by atoms with Crippen molar-refractivity contribution in [2.24, 2.45) is 0 Å². The monoisotopic (exact) mass is 324 g/mol. The van der Waals surface area contributed by atoms with E-state index in [0.717, 1.165) is 41.7 Å². The summed E-state index contributed by atoms with van der Waals surface area (Å²) in [5.74, 6) is -0.506. The van der Waals surface area contributed by atoms with Crippen LogP contribution >= 0.6 is 0 Å². The Morgan fingerprint density at radius 3 is 2.42 bits per heavy atom. The Bertz CT molecular complexity index is 923. The number of fused-ring (bicyclic) bond motifs is 1. The summed E-state index contributed by atoms with van der Waals surface area (Å²) in [6.07, 6.45) is 5.18. The number of nitrogens with zero attached hydrogens (tertiary/aromatic N) is 2. The second-order valence-corrected chi connectivity index (χ2v) is 6.29. The van der Waals surface area contributed by atoms with Gasteiger partial charge in [0.2, 0.25) is 0 Å². The lowest BCUT2D eigenvalue weighted by molar-refractivity contribution is 0.370. The van der Waals surface area contributed by atoms with Crippen molar-refractivity contribution in [2.75, 3.05) is 20.1 Å². The molecular weight excluding hydrogens is 306 g/mol. The molecule has 0 radical (unpaired) electrons. The fraction of sp³-hybridized carbons (Fsp3) is 0.200. The number of benzene rings is 2. The zero-order chi connectivity index (χ0) is 16.7. The molecule has 0 saturated carbocycles. The molecule has 0 aliphatic carbocycles. The van der Waals surface area contributed by atoms with Gasteiger partial charge < -0.3 is 9.47 Å². The van der Waals surface area contributed by atoms with Crippen LogP contribution in [0.25, 0.3) is 22.2 Å². The summed E-state index contributed by atoms with van der Waals surface area (Å²) in [6, 6.07) is 11.2. The lowest BCUT2D eigenvalue weighted by Gasteiger charge is -2.21. The second kappa shape index (κ2) is 5.87. The highest BCUT2D eigenvalue weighted by Crippen LogP contribution is 2.33. The summed E-state index contributed by atoms with van der Waals surface area (Å²) in [7, 11) is 2.09. The van der Waals surface area contributed by atoms with Crippen molar-refractivity contribution < 1.29 is 8.78 Å². The van der Waals surface area contributed by atoms with E-state index in [2.05, 4.69) is 18.0 Å². The van der Waals surface area contributed by atoms with Crippen LogP contribution in [0.1, 0.15) is 12.0 Å². The summed E-state index contributed by atoms with van der Waals surface area (Å²) in [4.78, 5) is 2.25. The standard InChI is InChI=1S/C20H18F2N2/c1-23-10-8-14(9-11-23)19-13-24(17-5-2-15(21)3-6-17)20-7-4-16(22)12-18(19)20/h2-8,12-13H,9-11H2,1H3. The molecule has 0 atom stereocenters. The lowest BCUT2D eigenvalue weighted by Crippen LogP contribution is -2.23. The highest BCUT2D eigenvalue weighted by Gasteiger charge is 2.17. The first-order valence-corrected chi connectivity index (χ1v) is 8.06. The van der Waals surface area contributed by atoms with Crippen molar-refractivity contribution in [1.82, 2.24) is 9.47 Å². The Morgan fingerprint density at radius 1 is 0.958 bits per heavy atom. The van der Waals surface area contributed by atoms with Crippen molar-refractivity contribution >= 4 is 16.5 Å². The second-order valence-electron chi connectivity index (χ2n) is 6.29. The van der Waals surface area contributed by atoms with Crippen LogP contribution in [-0.2, 0) is 0 Å². The van der Waals surface area contributed by atoms with E-state index in [9.17, 15) is 8.78 Å². The van der Waals surface area contributed by atoms with Gasteiger partial charge >= 0.3 is 0 Å².